The van der Waals surface area contributed by atoms with E-state index in [-0.39, 0.29) is 5.76 Å². The van der Waals surface area contributed by atoms with Gasteiger partial charge in [-0.1, -0.05) is 13.3 Å². The van der Waals surface area contributed by atoms with Crippen molar-refractivity contribution in [2.75, 3.05) is 19.6 Å². The molecule has 0 spiro atoms. The highest BCUT2D eigenvalue weighted by Gasteiger charge is 2.18. The van der Waals surface area contributed by atoms with Gasteiger partial charge in [-0.05, 0) is 44.5 Å². The summed E-state index contributed by atoms with van der Waals surface area (Å²) < 4.78 is 5.35. The van der Waals surface area contributed by atoms with Crippen LogP contribution in [0, 0.1) is 0 Å². The van der Waals surface area contributed by atoms with Crippen LogP contribution >= 0.6 is 0 Å². The van der Waals surface area contributed by atoms with Crippen molar-refractivity contribution in [2.45, 2.75) is 45.2 Å². The third kappa shape index (κ3) is 4.35. The molecule has 0 saturated carbocycles. The topological polar surface area (TPSA) is 65.7 Å². The number of nitrogens with zero attached hydrogens (tertiary/aromatic N) is 1. The van der Waals surface area contributed by atoms with Crippen LogP contribution in [0.15, 0.2) is 16.5 Å². The number of hydrogen-bond acceptors (Lipinski definition) is 4. The number of carboxylic acids is 1. The molecule has 1 aliphatic rings. The maximum absolute atomic E-state index is 10.8. The van der Waals surface area contributed by atoms with Crippen LogP contribution in [0.25, 0.3) is 0 Å². The molecule has 20 heavy (non-hydrogen) atoms. The van der Waals surface area contributed by atoms with Gasteiger partial charge in [0.05, 0.1) is 6.54 Å². The Hall–Kier alpha value is -1.33. The first-order chi connectivity index (χ1) is 9.69. The largest absolute Gasteiger partial charge is 0.475 e. The van der Waals surface area contributed by atoms with E-state index in [0.29, 0.717) is 12.6 Å². The molecule has 5 nitrogen and oxygen atoms in total. The van der Waals surface area contributed by atoms with Gasteiger partial charge in [-0.25, -0.2) is 4.79 Å². The zero-order valence-corrected chi connectivity index (χ0v) is 12.1. The molecular weight excluding hydrogens is 256 g/mol. The van der Waals surface area contributed by atoms with E-state index in [1.54, 1.807) is 6.07 Å². The zero-order chi connectivity index (χ0) is 14.4. The Morgan fingerprint density at radius 3 is 2.95 bits per heavy atom. The number of furan rings is 1. The highest BCUT2D eigenvalue weighted by atomic mass is 16.4. The number of carboxylic acid groups (broad SMARTS) is 1. The first-order valence-electron chi connectivity index (χ1n) is 7.46. The molecule has 1 aromatic rings. The van der Waals surface area contributed by atoms with Gasteiger partial charge in [0.25, 0.3) is 0 Å². The first kappa shape index (κ1) is 15.1. The van der Waals surface area contributed by atoms with Gasteiger partial charge >= 0.3 is 5.97 Å². The van der Waals surface area contributed by atoms with Gasteiger partial charge in [-0.15, -0.1) is 0 Å². The smallest absolute Gasteiger partial charge is 0.371 e. The summed E-state index contributed by atoms with van der Waals surface area (Å²) >= 11 is 0. The second-order valence-electron chi connectivity index (χ2n) is 5.45. The standard InChI is InChI=1S/C15H24N2O3/c1-2-9-17(10-12-5-3-4-8-16-12)11-13-6-7-14(20-13)15(18)19/h6-7,12,16H,2-5,8-11H2,1H3,(H,18,19). The molecule has 0 bridgehead atoms. The van der Waals surface area contributed by atoms with Gasteiger partial charge in [0.15, 0.2) is 0 Å². The summed E-state index contributed by atoms with van der Waals surface area (Å²) in [5.41, 5.74) is 0. The van der Waals surface area contributed by atoms with Crippen molar-refractivity contribution in [2.24, 2.45) is 0 Å². The maximum Gasteiger partial charge on any atom is 0.371 e. The molecule has 2 N–H and O–H groups in total. The SMILES string of the molecule is CCCN(Cc1ccc(C(=O)O)o1)CC1CCCCN1. The minimum atomic E-state index is -1.01. The fourth-order valence-corrected chi connectivity index (χ4v) is 2.74. The molecular formula is C15H24N2O3. The van der Waals surface area contributed by atoms with E-state index >= 15 is 0 Å². The Labute approximate surface area is 119 Å². The second kappa shape index (κ2) is 7.45. The van der Waals surface area contributed by atoms with E-state index in [0.717, 1.165) is 31.8 Å². The van der Waals surface area contributed by atoms with E-state index in [1.807, 2.05) is 0 Å². The molecule has 1 unspecified atom stereocenters. The molecule has 1 aliphatic heterocycles. The molecule has 1 aromatic heterocycles. The van der Waals surface area contributed by atoms with Gasteiger partial charge in [0, 0.05) is 12.6 Å². The van der Waals surface area contributed by atoms with Crippen molar-refractivity contribution in [3.05, 3.63) is 23.7 Å². The summed E-state index contributed by atoms with van der Waals surface area (Å²) in [4.78, 5) is 13.2. The van der Waals surface area contributed by atoms with Crippen LogP contribution in [0.4, 0.5) is 0 Å². The van der Waals surface area contributed by atoms with E-state index in [9.17, 15) is 4.79 Å². The molecule has 2 rings (SSSR count). The number of hydrogen-bond donors (Lipinski definition) is 2. The summed E-state index contributed by atoms with van der Waals surface area (Å²) in [5.74, 6) is -0.258. The van der Waals surface area contributed by atoms with Crippen molar-refractivity contribution < 1.29 is 14.3 Å². The van der Waals surface area contributed by atoms with Gasteiger partial charge in [-0.3, -0.25) is 4.90 Å². The molecule has 0 amide bonds. The number of rotatable bonds is 7. The molecule has 1 fully saturated rings. The second-order valence-corrected chi connectivity index (χ2v) is 5.45. The molecule has 112 valence electrons. The van der Waals surface area contributed by atoms with Gasteiger partial charge < -0.3 is 14.8 Å². The Bertz CT molecular complexity index is 425. The molecule has 5 heteroatoms. The predicted octanol–water partition coefficient (Wildman–Crippen LogP) is 2.33. The lowest BCUT2D eigenvalue weighted by Crippen LogP contribution is -2.43. The summed E-state index contributed by atoms with van der Waals surface area (Å²) in [6.07, 6.45) is 4.87. The van der Waals surface area contributed by atoms with Crippen LogP contribution in [0.5, 0.6) is 0 Å². The fraction of sp³-hybridized carbons (Fsp3) is 0.667. The van der Waals surface area contributed by atoms with Crippen molar-refractivity contribution >= 4 is 5.97 Å². The van der Waals surface area contributed by atoms with Crippen molar-refractivity contribution in [3.63, 3.8) is 0 Å². The molecule has 1 saturated heterocycles. The monoisotopic (exact) mass is 280 g/mol. The minimum absolute atomic E-state index is 0.0206. The third-order valence-electron chi connectivity index (χ3n) is 3.68. The quantitative estimate of drug-likeness (QED) is 0.802. The summed E-state index contributed by atoms with van der Waals surface area (Å²) in [6, 6.07) is 3.84. The van der Waals surface area contributed by atoms with Crippen LogP contribution in [-0.2, 0) is 6.54 Å². The lowest BCUT2D eigenvalue weighted by molar-refractivity contribution is 0.0658. The van der Waals surface area contributed by atoms with Crippen LogP contribution in [0.3, 0.4) is 0 Å². The number of piperidine rings is 1. The van der Waals surface area contributed by atoms with Gasteiger partial charge in [0.2, 0.25) is 5.76 Å². The number of nitrogens with one attached hydrogen (secondary N) is 1. The highest BCUT2D eigenvalue weighted by Crippen LogP contribution is 2.14. The van der Waals surface area contributed by atoms with Crippen LogP contribution in [0.1, 0.15) is 48.9 Å². The first-order valence-corrected chi connectivity index (χ1v) is 7.46. The molecule has 2 heterocycles. The van der Waals surface area contributed by atoms with E-state index < -0.39 is 5.97 Å². The van der Waals surface area contributed by atoms with Crippen LogP contribution in [0.2, 0.25) is 0 Å². The minimum Gasteiger partial charge on any atom is -0.475 e. The summed E-state index contributed by atoms with van der Waals surface area (Å²) in [7, 11) is 0. The lowest BCUT2D eigenvalue weighted by atomic mass is 10.0. The Kier molecular flexibility index (Phi) is 5.61. The van der Waals surface area contributed by atoms with Gasteiger partial charge in [-0.2, -0.15) is 0 Å². The van der Waals surface area contributed by atoms with Crippen LogP contribution in [-0.4, -0.2) is 41.7 Å². The fourth-order valence-electron chi connectivity index (χ4n) is 2.74. The third-order valence-corrected chi connectivity index (χ3v) is 3.68. The summed E-state index contributed by atoms with van der Waals surface area (Å²) in [6.45, 7) is 5.94. The Morgan fingerprint density at radius 2 is 2.35 bits per heavy atom. The predicted molar refractivity (Wildman–Crippen MR) is 76.9 cm³/mol. The van der Waals surface area contributed by atoms with Crippen molar-refractivity contribution in [3.8, 4) is 0 Å². The van der Waals surface area contributed by atoms with Crippen LogP contribution < -0.4 is 5.32 Å². The van der Waals surface area contributed by atoms with Crippen molar-refractivity contribution in [1.82, 2.24) is 10.2 Å². The molecule has 0 radical (unpaired) electrons. The van der Waals surface area contributed by atoms with Gasteiger partial charge in [0.1, 0.15) is 5.76 Å². The number of aromatic carboxylic acids is 1. The van der Waals surface area contributed by atoms with E-state index in [2.05, 4.69) is 17.1 Å². The highest BCUT2D eigenvalue weighted by molar-refractivity contribution is 5.84. The molecule has 0 aromatic carbocycles. The number of carbonyl (C=O) groups is 1. The molecule has 0 aliphatic carbocycles. The molecule has 1 atom stereocenters. The average Bonchev–Trinajstić information content (AvgIpc) is 2.89. The average molecular weight is 280 g/mol. The van der Waals surface area contributed by atoms with E-state index in [1.165, 1.54) is 25.3 Å². The normalized spacial score (nSPS) is 19.4. The Balaban J connectivity index is 1.91. The summed E-state index contributed by atoms with van der Waals surface area (Å²) in [5, 5.41) is 12.4. The Morgan fingerprint density at radius 1 is 1.50 bits per heavy atom. The maximum atomic E-state index is 10.8. The van der Waals surface area contributed by atoms with Crippen molar-refractivity contribution in [1.29, 1.82) is 0 Å². The van der Waals surface area contributed by atoms with E-state index in [4.69, 9.17) is 9.52 Å². The lowest BCUT2D eigenvalue weighted by Gasteiger charge is -2.29. The zero-order valence-electron chi connectivity index (χ0n) is 12.1.